The van der Waals surface area contributed by atoms with Gasteiger partial charge in [-0.15, -0.1) is 0 Å². The summed E-state index contributed by atoms with van der Waals surface area (Å²) < 4.78 is 6.08. The Hall–Kier alpha value is -2.83. The van der Waals surface area contributed by atoms with Crippen molar-refractivity contribution in [1.82, 2.24) is 0 Å². The van der Waals surface area contributed by atoms with Gasteiger partial charge in [-0.1, -0.05) is 0 Å². The van der Waals surface area contributed by atoms with E-state index in [4.69, 9.17) is 0 Å². The van der Waals surface area contributed by atoms with Crippen LogP contribution in [-0.4, -0.2) is 3.71 Å². The minimum atomic E-state index is -2.53. The van der Waals surface area contributed by atoms with Crippen molar-refractivity contribution >= 4 is 23.3 Å². The summed E-state index contributed by atoms with van der Waals surface area (Å²) in [5.41, 5.74) is 11.6. The first-order chi connectivity index (χ1) is 18.7. The zero-order chi connectivity index (χ0) is 25.6. The number of benzene rings is 5. The molecule has 0 spiro atoms. The average Bonchev–Trinajstić information content (AvgIpc) is 3.49. The second-order valence-electron chi connectivity index (χ2n) is 10.6. The van der Waals surface area contributed by atoms with E-state index in [1.54, 1.807) is 12.1 Å². The van der Waals surface area contributed by atoms with Crippen molar-refractivity contribution in [2.45, 2.75) is 20.3 Å². The maximum absolute atomic E-state index is 2.74. The van der Waals surface area contributed by atoms with E-state index in [9.17, 15) is 0 Å². The summed E-state index contributed by atoms with van der Waals surface area (Å²) in [6.07, 6.45) is 3.57. The number of hydrogen-bond donors (Lipinski definition) is 0. The van der Waals surface area contributed by atoms with E-state index in [0.717, 1.165) is 6.42 Å². The standard InChI is InChI=1S/C13H9.C13H13.C11H8.2ClH.Zr/c1-3-7-12-10(5-1)9-11-6-2-4-8-13(11)12;1-10-8-11(2)13(9-10)12-6-4-3-5-7-12;1-9-5-4-7-10-6-2-3-8-11(9)10;;;/h1-5,7-8H,9H2;3-7,9-10H,1-2H3;1-8H;2*1H;/q;;;;;+2/p-2. The van der Waals surface area contributed by atoms with E-state index in [-0.39, 0.29) is 24.8 Å². The van der Waals surface area contributed by atoms with Gasteiger partial charge in [-0.3, -0.25) is 0 Å². The normalized spacial score (nSPS) is 15.2. The van der Waals surface area contributed by atoms with Gasteiger partial charge in [0, 0.05) is 0 Å². The van der Waals surface area contributed by atoms with E-state index >= 15 is 0 Å². The van der Waals surface area contributed by atoms with Gasteiger partial charge in [0.25, 0.3) is 0 Å². The summed E-state index contributed by atoms with van der Waals surface area (Å²) in [6, 6.07) is 42.7. The molecule has 0 radical (unpaired) electrons. The third-order valence-corrected chi connectivity index (χ3v) is 15.8. The van der Waals surface area contributed by atoms with Gasteiger partial charge in [-0.2, -0.15) is 0 Å². The van der Waals surface area contributed by atoms with Crippen molar-refractivity contribution in [3.8, 4) is 11.1 Å². The average molecular weight is 637 g/mol. The van der Waals surface area contributed by atoms with Crippen LogP contribution in [0.3, 0.4) is 0 Å². The second kappa shape index (κ2) is 12.0. The number of allylic oxidation sites excluding steroid dienone is 4. The van der Waals surface area contributed by atoms with Crippen LogP contribution in [0.4, 0.5) is 0 Å². The SMILES string of the molecule is CC1=[C](/[Zr+2](=[CH]/c2cccc3ccccc23)[c]2cccc3c2Cc2ccccc2-3)C(C)C=C1c1ccccc1.[Cl-].[Cl-]. The van der Waals surface area contributed by atoms with Crippen molar-refractivity contribution in [3.05, 3.63) is 152 Å². The number of fused-ring (bicyclic) bond motifs is 4. The number of rotatable bonds is 4. The summed E-state index contributed by atoms with van der Waals surface area (Å²) in [5, 5.41) is 2.69. The number of halogens is 2. The first kappa shape index (κ1) is 28.7. The Bertz CT molecular complexity index is 1810. The van der Waals surface area contributed by atoms with Crippen molar-refractivity contribution in [2.24, 2.45) is 5.92 Å². The zero-order valence-electron chi connectivity index (χ0n) is 22.7. The van der Waals surface area contributed by atoms with Crippen LogP contribution >= 0.6 is 0 Å². The Balaban J connectivity index is 0.00000161. The van der Waals surface area contributed by atoms with E-state index in [2.05, 4.69) is 139 Å². The molecule has 0 amide bonds. The molecule has 5 aromatic rings. The summed E-state index contributed by atoms with van der Waals surface area (Å²) >= 11 is -2.53. The van der Waals surface area contributed by atoms with Crippen LogP contribution in [0.2, 0.25) is 0 Å². The Labute approximate surface area is 257 Å². The quantitative estimate of drug-likeness (QED) is 0.279. The van der Waals surface area contributed by atoms with Crippen molar-refractivity contribution in [1.29, 1.82) is 0 Å². The van der Waals surface area contributed by atoms with Gasteiger partial charge in [-0.05, 0) is 0 Å². The Morgan fingerprint density at radius 2 is 1.38 bits per heavy atom. The smallest absolute Gasteiger partial charge is 1.00 e. The third kappa shape index (κ3) is 4.94. The molecule has 0 heterocycles. The zero-order valence-corrected chi connectivity index (χ0v) is 26.6. The predicted molar refractivity (Wildman–Crippen MR) is 160 cm³/mol. The van der Waals surface area contributed by atoms with E-state index < -0.39 is 21.3 Å². The Morgan fingerprint density at radius 3 is 2.23 bits per heavy atom. The van der Waals surface area contributed by atoms with E-state index in [1.807, 2.05) is 0 Å². The monoisotopic (exact) mass is 634 g/mol. The molecule has 0 nitrogen and oxygen atoms in total. The molecule has 2 aliphatic carbocycles. The maximum Gasteiger partial charge on any atom is -1.00 e. The predicted octanol–water partition coefficient (Wildman–Crippen LogP) is 2.52. The van der Waals surface area contributed by atoms with Crippen LogP contribution < -0.4 is 28.1 Å². The molecule has 40 heavy (non-hydrogen) atoms. The molecule has 0 bridgehead atoms. The van der Waals surface area contributed by atoms with Gasteiger partial charge in [0.15, 0.2) is 0 Å². The number of hydrogen-bond acceptors (Lipinski definition) is 0. The minimum Gasteiger partial charge on any atom is -1.00 e. The van der Waals surface area contributed by atoms with E-state index in [0.29, 0.717) is 5.92 Å². The van der Waals surface area contributed by atoms with Gasteiger partial charge in [0.05, 0.1) is 0 Å². The largest absolute Gasteiger partial charge is 1.00 e. The molecule has 5 aromatic carbocycles. The van der Waals surface area contributed by atoms with E-state index in [1.165, 1.54) is 49.7 Å². The molecule has 1 unspecified atom stereocenters. The van der Waals surface area contributed by atoms with Crippen LogP contribution in [0, 0.1) is 5.92 Å². The summed E-state index contributed by atoms with van der Waals surface area (Å²) in [4.78, 5) is 0. The van der Waals surface area contributed by atoms with Crippen LogP contribution in [-0.2, 0) is 27.7 Å². The molecule has 0 saturated heterocycles. The molecule has 1 atom stereocenters. The van der Waals surface area contributed by atoms with Crippen LogP contribution in [0.25, 0.3) is 27.5 Å². The molecule has 0 aliphatic heterocycles. The second-order valence-corrected chi connectivity index (χ2v) is 16.0. The Morgan fingerprint density at radius 1 is 0.700 bits per heavy atom. The van der Waals surface area contributed by atoms with Crippen molar-refractivity contribution in [2.75, 3.05) is 0 Å². The first-order valence-electron chi connectivity index (χ1n) is 13.6. The molecule has 0 N–H and O–H groups in total. The van der Waals surface area contributed by atoms with Crippen molar-refractivity contribution in [3.63, 3.8) is 0 Å². The van der Waals surface area contributed by atoms with Gasteiger partial charge < -0.3 is 24.8 Å². The fourth-order valence-electron chi connectivity index (χ4n) is 6.56. The summed E-state index contributed by atoms with van der Waals surface area (Å²) in [7, 11) is 0. The first-order valence-corrected chi connectivity index (χ1v) is 17.5. The molecular weight excluding hydrogens is 607 g/mol. The van der Waals surface area contributed by atoms with Gasteiger partial charge in [0.1, 0.15) is 0 Å². The van der Waals surface area contributed by atoms with Gasteiger partial charge >= 0.3 is 234 Å². The summed E-state index contributed by atoms with van der Waals surface area (Å²) in [6.45, 7) is 4.80. The van der Waals surface area contributed by atoms with Crippen molar-refractivity contribution < 1.29 is 46.1 Å². The molecule has 196 valence electrons. The third-order valence-electron chi connectivity index (χ3n) is 8.32. The topological polar surface area (TPSA) is 0 Å². The Kier molecular flexibility index (Phi) is 8.58. The molecule has 7 rings (SSSR count). The molecule has 0 aromatic heterocycles. The molecule has 2 aliphatic rings. The summed E-state index contributed by atoms with van der Waals surface area (Å²) in [5.74, 6) is 0.450. The molecule has 0 saturated carbocycles. The van der Waals surface area contributed by atoms with Gasteiger partial charge in [0.2, 0.25) is 0 Å². The maximum atomic E-state index is 2.74. The fraction of sp³-hybridized carbons (Fsp3) is 0.108. The molecule has 3 heteroatoms. The molecule has 0 fully saturated rings. The van der Waals surface area contributed by atoms with Gasteiger partial charge in [-0.25, -0.2) is 0 Å². The van der Waals surface area contributed by atoms with Crippen LogP contribution in [0.5, 0.6) is 0 Å². The van der Waals surface area contributed by atoms with Crippen LogP contribution in [0.15, 0.2) is 130 Å². The van der Waals surface area contributed by atoms with Crippen LogP contribution in [0.1, 0.15) is 36.1 Å². The minimum absolute atomic E-state index is 0. The molecular formula is C37H30Cl2Zr. The fourth-order valence-corrected chi connectivity index (χ4v) is 14.2.